The first kappa shape index (κ1) is 19.8. The molecule has 0 heterocycles. The molecule has 4 nitrogen and oxygen atoms in total. The molecule has 0 saturated carbocycles. The van der Waals surface area contributed by atoms with Crippen molar-refractivity contribution in [3.63, 3.8) is 0 Å². The molecule has 0 aromatic carbocycles. The highest BCUT2D eigenvalue weighted by atomic mass is 16.5. The smallest absolute Gasteiger partial charge is 0.0708 e. The Morgan fingerprint density at radius 1 is 0.600 bits per heavy atom. The van der Waals surface area contributed by atoms with E-state index in [-0.39, 0.29) is 22.3 Å². The summed E-state index contributed by atoms with van der Waals surface area (Å²) in [5.74, 6) is 0. The van der Waals surface area contributed by atoms with Crippen molar-refractivity contribution in [2.24, 2.45) is 11.5 Å². The van der Waals surface area contributed by atoms with Gasteiger partial charge in [-0.15, -0.1) is 0 Å². The van der Waals surface area contributed by atoms with E-state index >= 15 is 0 Å². The van der Waals surface area contributed by atoms with Gasteiger partial charge in [0, 0.05) is 11.1 Å². The van der Waals surface area contributed by atoms with E-state index in [2.05, 4.69) is 27.7 Å². The van der Waals surface area contributed by atoms with E-state index in [1.807, 2.05) is 27.7 Å². The predicted molar refractivity (Wildman–Crippen MR) is 85.8 cm³/mol. The fourth-order valence-corrected chi connectivity index (χ4v) is 2.93. The lowest BCUT2D eigenvalue weighted by molar-refractivity contribution is -0.0967. The Morgan fingerprint density at radius 2 is 0.850 bits per heavy atom. The van der Waals surface area contributed by atoms with Crippen LogP contribution in [0.3, 0.4) is 0 Å². The first-order chi connectivity index (χ1) is 8.62. The second-order valence-electron chi connectivity index (χ2n) is 8.55. The molecule has 4 heteroatoms. The Kier molecular flexibility index (Phi) is 6.68. The molecule has 0 radical (unpaired) electrons. The van der Waals surface area contributed by atoms with Crippen LogP contribution in [0.1, 0.15) is 68.2 Å². The predicted octanol–water partition coefficient (Wildman–Crippen LogP) is 2.83. The third-order valence-corrected chi connectivity index (χ3v) is 2.83. The molecular weight excluding hydrogens is 252 g/mol. The van der Waals surface area contributed by atoms with E-state index in [0.717, 1.165) is 12.8 Å². The molecule has 0 aromatic rings. The van der Waals surface area contributed by atoms with Crippen molar-refractivity contribution in [1.29, 1.82) is 0 Å². The number of ether oxygens (including phenoxy) is 2. The van der Waals surface area contributed by atoms with Crippen LogP contribution in [0.2, 0.25) is 0 Å². The van der Waals surface area contributed by atoms with E-state index in [1.54, 1.807) is 0 Å². The minimum Gasteiger partial charge on any atom is -0.373 e. The van der Waals surface area contributed by atoms with Crippen molar-refractivity contribution in [1.82, 2.24) is 0 Å². The lowest BCUT2D eigenvalue weighted by Gasteiger charge is -2.34. The quantitative estimate of drug-likeness (QED) is 0.640. The van der Waals surface area contributed by atoms with Gasteiger partial charge in [0.05, 0.1) is 24.4 Å². The minimum atomic E-state index is -0.237. The zero-order valence-electron chi connectivity index (χ0n) is 14.8. The Labute approximate surface area is 125 Å². The molecule has 0 aliphatic rings. The third kappa shape index (κ3) is 11.6. The van der Waals surface area contributed by atoms with Crippen LogP contribution < -0.4 is 11.5 Å². The molecule has 0 fully saturated rings. The van der Waals surface area contributed by atoms with Gasteiger partial charge in [-0.05, 0) is 68.2 Å². The van der Waals surface area contributed by atoms with Crippen LogP contribution in [0.15, 0.2) is 0 Å². The van der Waals surface area contributed by atoms with Gasteiger partial charge in [0.15, 0.2) is 0 Å². The molecule has 0 atom stereocenters. The number of nitrogens with two attached hydrogens (primary N) is 2. The highest BCUT2D eigenvalue weighted by Crippen LogP contribution is 2.23. The molecule has 0 aromatic heterocycles. The van der Waals surface area contributed by atoms with Gasteiger partial charge in [-0.1, -0.05) is 0 Å². The summed E-state index contributed by atoms with van der Waals surface area (Å²) in [5.41, 5.74) is 11.1. The van der Waals surface area contributed by atoms with Gasteiger partial charge in [-0.2, -0.15) is 0 Å². The maximum Gasteiger partial charge on any atom is 0.0708 e. The fraction of sp³-hybridized carbons (Fsp3) is 1.00. The van der Waals surface area contributed by atoms with E-state index in [9.17, 15) is 0 Å². The molecule has 122 valence electrons. The van der Waals surface area contributed by atoms with E-state index in [4.69, 9.17) is 20.9 Å². The van der Waals surface area contributed by atoms with Gasteiger partial charge in [-0.3, -0.25) is 0 Å². The molecule has 0 spiro atoms. The summed E-state index contributed by atoms with van der Waals surface area (Å²) >= 11 is 0. The van der Waals surface area contributed by atoms with E-state index in [1.165, 1.54) is 0 Å². The lowest BCUT2D eigenvalue weighted by Crippen LogP contribution is -2.43. The molecule has 0 saturated heterocycles. The Balaban J connectivity index is 4.08. The SMILES string of the molecule is CC(C)(N)CC(C)(C)OCCOC(C)(C)CC(C)(C)N. The zero-order valence-corrected chi connectivity index (χ0v) is 14.8. The third-order valence-electron chi connectivity index (χ3n) is 2.83. The molecule has 20 heavy (non-hydrogen) atoms. The Morgan fingerprint density at radius 3 is 1.05 bits per heavy atom. The summed E-state index contributed by atoms with van der Waals surface area (Å²) in [6.45, 7) is 17.5. The first-order valence-corrected chi connectivity index (χ1v) is 7.48. The Bertz CT molecular complexity index is 256. The molecule has 0 aliphatic carbocycles. The van der Waals surface area contributed by atoms with Crippen molar-refractivity contribution in [2.75, 3.05) is 13.2 Å². The largest absolute Gasteiger partial charge is 0.373 e. The standard InChI is InChI=1S/C16H36N2O2/c1-13(2,17)11-15(5,6)19-9-10-20-16(7,8)12-14(3,4)18/h9-12,17-18H2,1-8H3. The normalized spacial score (nSPS) is 14.7. The summed E-state index contributed by atoms with van der Waals surface area (Å²) in [4.78, 5) is 0. The topological polar surface area (TPSA) is 70.5 Å². The van der Waals surface area contributed by atoms with Crippen LogP contribution in [0.25, 0.3) is 0 Å². The van der Waals surface area contributed by atoms with Gasteiger partial charge in [0.2, 0.25) is 0 Å². The summed E-state index contributed by atoms with van der Waals surface area (Å²) < 4.78 is 11.8. The molecule has 0 unspecified atom stereocenters. The van der Waals surface area contributed by atoms with Gasteiger partial charge in [0.25, 0.3) is 0 Å². The molecule has 0 amide bonds. The van der Waals surface area contributed by atoms with Crippen LogP contribution in [0.4, 0.5) is 0 Å². The van der Waals surface area contributed by atoms with Crippen LogP contribution in [-0.4, -0.2) is 35.5 Å². The average molecular weight is 288 g/mol. The Hall–Kier alpha value is -0.160. The van der Waals surface area contributed by atoms with E-state index in [0.29, 0.717) is 13.2 Å². The molecule has 4 N–H and O–H groups in total. The van der Waals surface area contributed by atoms with Crippen LogP contribution in [0, 0.1) is 0 Å². The van der Waals surface area contributed by atoms with Crippen molar-refractivity contribution >= 4 is 0 Å². The van der Waals surface area contributed by atoms with E-state index < -0.39 is 0 Å². The van der Waals surface area contributed by atoms with Crippen LogP contribution >= 0.6 is 0 Å². The molecule has 0 rings (SSSR count). The number of hydrogen-bond acceptors (Lipinski definition) is 4. The minimum absolute atomic E-state index is 0.229. The van der Waals surface area contributed by atoms with Gasteiger partial charge in [0.1, 0.15) is 0 Å². The van der Waals surface area contributed by atoms with Crippen molar-refractivity contribution in [3.05, 3.63) is 0 Å². The van der Waals surface area contributed by atoms with Crippen molar-refractivity contribution in [2.45, 2.75) is 90.5 Å². The maximum atomic E-state index is 6.04. The summed E-state index contributed by atoms with van der Waals surface area (Å²) in [6, 6.07) is 0. The number of rotatable bonds is 9. The second kappa shape index (κ2) is 6.73. The van der Waals surface area contributed by atoms with Crippen LogP contribution in [0.5, 0.6) is 0 Å². The van der Waals surface area contributed by atoms with Gasteiger partial charge >= 0.3 is 0 Å². The fourth-order valence-electron chi connectivity index (χ4n) is 2.93. The second-order valence-corrected chi connectivity index (χ2v) is 8.55. The van der Waals surface area contributed by atoms with Crippen LogP contribution in [-0.2, 0) is 9.47 Å². The number of hydrogen-bond donors (Lipinski definition) is 2. The maximum absolute atomic E-state index is 6.04. The lowest BCUT2D eigenvalue weighted by atomic mass is 9.90. The summed E-state index contributed by atoms with van der Waals surface area (Å²) in [7, 11) is 0. The van der Waals surface area contributed by atoms with Crippen molar-refractivity contribution in [3.8, 4) is 0 Å². The van der Waals surface area contributed by atoms with Gasteiger partial charge < -0.3 is 20.9 Å². The van der Waals surface area contributed by atoms with Gasteiger partial charge in [-0.25, -0.2) is 0 Å². The highest BCUT2D eigenvalue weighted by molar-refractivity contribution is 4.84. The zero-order chi connectivity index (χ0) is 16.2. The first-order valence-electron chi connectivity index (χ1n) is 7.48. The molecular formula is C16H36N2O2. The highest BCUT2D eigenvalue weighted by Gasteiger charge is 2.28. The molecule has 0 aliphatic heterocycles. The van der Waals surface area contributed by atoms with Crippen molar-refractivity contribution < 1.29 is 9.47 Å². The summed E-state index contributed by atoms with van der Waals surface area (Å²) in [6.07, 6.45) is 1.61. The monoisotopic (exact) mass is 288 g/mol. The molecule has 0 bridgehead atoms. The summed E-state index contributed by atoms with van der Waals surface area (Å²) in [5, 5.41) is 0. The average Bonchev–Trinajstić information content (AvgIpc) is 2.04.